The number of hydrogen-bond acceptors (Lipinski definition) is 5. The SMILES string of the molecule is CC[C@H](C)NC(=O)COc1cc2c(c3oc(=O)c(C)c(C)c13)CCC(C)(C)O2. The van der Waals surface area contributed by atoms with Crippen LogP contribution in [0.15, 0.2) is 15.3 Å². The Balaban J connectivity index is 2.07. The summed E-state index contributed by atoms with van der Waals surface area (Å²) in [6.07, 6.45) is 2.42. The fourth-order valence-electron chi connectivity index (χ4n) is 3.41. The van der Waals surface area contributed by atoms with Gasteiger partial charge in [-0.25, -0.2) is 4.79 Å². The first-order chi connectivity index (χ1) is 13.1. The van der Waals surface area contributed by atoms with E-state index < -0.39 is 0 Å². The van der Waals surface area contributed by atoms with Crippen molar-refractivity contribution in [1.82, 2.24) is 5.32 Å². The van der Waals surface area contributed by atoms with Crippen molar-refractivity contribution in [3.8, 4) is 11.5 Å². The lowest BCUT2D eigenvalue weighted by atomic mass is 9.92. The molecule has 6 heteroatoms. The van der Waals surface area contributed by atoms with Crippen molar-refractivity contribution in [2.45, 2.75) is 72.4 Å². The third-order valence-electron chi connectivity index (χ3n) is 5.49. The maximum Gasteiger partial charge on any atom is 0.339 e. The summed E-state index contributed by atoms with van der Waals surface area (Å²) in [6.45, 7) is 11.5. The molecule has 0 spiro atoms. The zero-order valence-corrected chi connectivity index (χ0v) is 17.5. The van der Waals surface area contributed by atoms with Gasteiger partial charge in [0.15, 0.2) is 6.61 Å². The maximum atomic E-state index is 12.3. The monoisotopic (exact) mass is 387 g/mol. The van der Waals surface area contributed by atoms with E-state index in [0.717, 1.165) is 35.8 Å². The minimum absolute atomic E-state index is 0.0857. The lowest BCUT2D eigenvalue weighted by molar-refractivity contribution is -0.123. The number of fused-ring (bicyclic) bond motifs is 3. The molecule has 0 aliphatic carbocycles. The highest BCUT2D eigenvalue weighted by Crippen LogP contribution is 2.43. The zero-order chi connectivity index (χ0) is 20.6. The van der Waals surface area contributed by atoms with E-state index in [9.17, 15) is 9.59 Å². The van der Waals surface area contributed by atoms with Gasteiger partial charge in [0.1, 0.15) is 22.7 Å². The smallest absolute Gasteiger partial charge is 0.339 e. The van der Waals surface area contributed by atoms with Gasteiger partial charge in [-0.2, -0.15) is 0 Å². The first-order valence-corrected chi connectivity index (χ1v) is 9.84. The van der Waals surface area contributed by atoms with E-state index in [1.54, 1.807) is 6.92 Å². The second-order valence-corrected chi connectivity index (χ2v) is 8.22. The van der Waals surface area contributed by atoms with Gasteiger partial charge in [-0.15, -0.1) is 0 Å². The van der Waals surface area contributed by atoms with E-state index in [1.165, 1.54) is 0 Å². The number of rotatable bonds is 5. The van der Waals surface area contributed by atoms with Crippen molar-refractivity contribution in [3.05, 3.63) is 33.2 Å². The molecule has 3 rings (SSSR count). The Morgan fingerprint density at radius 1 is 1.32 bits per heavy atom. The van der Waals surface area contributed by atoms with Crippen LogP contribution in [0.5, 0.6) is 11.5 Å². The fraction of sp³-hybridized carbons (Fsp3) is 0.545. The summed E-state index contributed by atoms with van der Waals surface area (Å²) in [4.78, 5) is 24.5. The van der Waals surface area contributed by atoms with Crippen molar-refractivity contribution in [2.75, 3.05) is 6.61 Å². The molecule has 0 radical (unpaired) electrons. The molecule has 1 aromatic carbocycles. The number of hydrogen-bond donors (Lipinski definition) is 1. The van der Waals surface area contributed by atoms with Crippen LogP contribution >= 0.6 is 0 Å². The molecule has 1 N–H and O–H groups in total. The fourth-order valence-corrected chi connectivity index (χ4v) is 3.41. The van der Waals surface area contributed by atoms with Crippen molar-refractivity contribution in [2.24, 2.45) is 0 Å². The molecule has 0 bridgehead atoms. The van der Waals surface area contributed by atoms with Crippen molar-refractivity contribution < 1.29 is 18.7 Å². The van der Waals surface area contributed by atoms with Crippen molar-refractivity contribution in [3.63, 3.8) is 0 Å². The third kappa shape index (κ3) is 3.86. The molecule has 0 saturated carbocycles. The number of aryl methyl sites for hydroxylation is 2. The number of carbonyl (C=O) groups excluding carboxylic acids is 1. The van der Waals surface area contributed by atoms with Crippen LogP contribution in [-0.4, -0.2) is 24.2 Å². The molecule has 0 fully saturated rings. The third-order valence-corrected chi connectivity index (χ3v) is 5.49. The number of nitrogens with one attached hydrogen (secondary N) is 1. The van der Waals surface area contributed by atoms with Gasteiger partial charge in [0.25, 0.3) is 5.91 Å². The summed E-state index contributed by atoms with van der Waals surface area (Å²) in [5.74, 6) is 0.954. The standard InChI is InChI=1S/C22H29NO5/c1-7-12(2)23-18(24)11-26-17-10-16-15(8-9-22(5,6)28-16)20-19(17)13(3)14(4)21(25)27-20/h10,12H,7-9,11H2,1-6H3,(H,23,24)/t12-/m0/s1. The van der Waals surface area contributed by atoms with Gasteiger partial charge in [0, 0.05) is 23.2 Å². The average Bonchev–Trinajstić information content (AvgIpc) is 2.62. The molecular weight excluding hydrogens is 358 g/mol. The van der Waals surface area contributed by atoms with Gasteiger partial charge < -0.3 is 19.2 Å². The maximum absolute atomic E-state index is 12.3. The Labute approximate surface area is 165 Å². The molecule has 1 aromatic heterocycles. The Hall–Kier alpha value is -2.50. The molecule has 2 aromatic rings. The van der Waals surface area contributed by atoms with E-state index in [2.05, 4.69) is 5.32 Å². The van der Waals surface area contributed by atoms with Gasteiger partial charge in [-0.05, 0) is 59.4 Å². The Morgan fingerprint density at radius 2 is 2.04 bits per heavy atom. The molecular formula is C22H29NO5. The quantitative estimate of drug-likeness (QED) is 0.790. The Bertz CT molecular complexity index is 973. The second-order valence-electron chi connectivity index (χ2n) is 8.22. The van der Waals surface area contributed by atoms with Gasteiger partial charge in [0.2, 0.25) is 0 Å². The highest BCUT2D eigenvalue weighted by molar-refractivity contribution is 5.92. The number of amides is 1. The second kappa shape index (κ2) is 7.49. The van der Waals surface area contributed by atoms with Crippen LogP contribution in [0.25, 0.3) is 11.0 Å². The van der Waals surface area contributed by atoms with Gasteiger partial charge in [0.05, 0.1) is 5.39 Å². The lowest BCUT2D eigenvalue weighted by Crippen LogP contribution is -2.35. The summed E-state index contributed by atoms with van der Waals surface area (Å²) >= 11 is 0. The molecule has 6 nitrogen and oxygen atoms in total. The highest BCUT2D eigenvalue weighted by Gasteiger charge is 2.31. The molecule has 1 amide bonds. The topological polar surface area (TPSA) is 77.8 Å². The summed E-state index contributed by atoms with van der Waals surface area (Å²) in [5.41, 5.74) is 2.05. The molecule has 0 unspecified atom stereocenters. The first kappa shape index (κ1) is 20.2. The summed E-state index contributed by atoms with van der Waals surface area (Å²) in [6, 6.07) is 1.91. The Morgan fingerprint density at radius 3 is 2.71 bits per heavy atom. The van der Waals surface area contributed by atoms with Gasteiger partial charge in [-0.1, -0.05) is 6.92 Å². The number of carbonyl (C=O) groups is 1. The predicted molar refractivity (Wildman–Crippen MR) is 108 cm³/mol. The van der Waals surface area contributed by atoms with Crippen LogP contribution in [0.4, 0.5) is 0 Å². The summed E-state index contributed by atoms with van der Waals surface area (Å²) < 4.78 is 17.7. The Kier molecular flexibility index (Phi) is 5.41. The first-order valence-electron chi connectivity index (χ1n) is 9.84. The average molecular weight is 387 g/mol. The van der Waals surface area contributed by atoms with Crippen LogP contribution in [0.1, 0.15) is 57.2 Å². The summed E-state index contributed by atoms with van der Waals surface area (Å²) in [7, 11) is 0. The van der Waals surface area contributed by atoms with Crippen LogP contribution < -0.4 is 20.4 Å². The van der Waals surface area contributed by atoms with Crippen LogP contribution in [0, 0.1) is 13.8 Å². The molecule has 0 saturated heterocycles. The number of benzene rings is 1. The van der Waals surface area contributed by atoms with Crippen LogP contribution in [0.3, 0.4) is 0 Å². The van der Waals surface area contributed by atoms with E-state index in [4.69, 9.17) is 13.9 Å². The van der Waals surface area contributed by atoms with Crippen molar-refractivity contribution in [1.29, 1.82) is 0 Å². The molecule has 28 heavy (non-hydrogen) atoms. The van der Waals surface area contributed by atoms with E-state index in [0.29, 0.717) is 22.6 Å². The van der Waals surface area contributed by atoms with Crippen LogP contribution in [-0.2, 0) is 11.2 Å². The largest absolute Gasteiger partial charge is 0.487 e. The molecule has 1 aliphatic rings. The van der Waals surface area contributed by atoms with E-state index in [-0.39, 0.29) is 29.8 Å². The summed E-state index contributed by atoms with van der Waals surface area (Å²) in [5, 5.41) is 3.62. The predicted octanol–water partition coefficient (Wildman–Crippen LogP) is 3.81. The van der Waals surface area contributed by atoms with E-state index >= 15 is 0 Å². The minimum Gasteiger partial charge on any atom is -0.487 e. The number of ether oxygens (including phenoxy) is 2. The van der Waals surface area contributed by atoms with Gasteiger partial charge in [-0.3, -0.25) is 4.79 Å². The van der Waals surface area contributed by atoms with E-state index in [1.807, 2.05) is 40.7 Å². The normalized spacial score (nSPS) is 16.2. The van der Waals surface area contributed by atoms with Gasteiger partial charge >= 0.3 is 5.63 Å². The minimum atomic E-state index is -0.358. The molecule has 1 aliphatic heterocycles. The van der Waals surface area contributed by atoms with Crippen molar-refractivity contribution >= 4 is 16.9 Å². The van der Waals surface area contributed by atoms with Crippen LogP contribution in [0.2, 0.25) is 0 Å². The lowest BCUT2D eigenvalue weighted by Gasteiger charge is -2.33. The molecule has 152 valence electrons. The molecule has 2 heterocycles. The zero-order valence-electron chi connectivity index (χ0n) is 17.5. The highest BCUT2D eigenvalue weighted by atomic mass is 16.5. The molecule has 1 atom stereocenters.